The van der Waals surface area contributed by atoms with Crippen molar-refractivity contribution in [1.82, 2.24) is 14.8 Å². The molecule has 1 aliphatic heterocycles. The fourth-order valence-corrected chi connectivity index (χ4v) is 5.88. The van der Waals surface area contributed by atoms with Gasteiger partial charge in [-0.1, -0.05) is 71.7 Å². The van der Waals surface area contributed by atoms with Gasteiger partial charge in [-0.05, 0) is 71.3 Å². The van der Waals surface area contributed by atoms with E-state index in [2.05, 4.69) is 34.1 Å². The van der Waals surface area contributed by atoms with Crippen molar-refractivity contribution >= 4 is 35.2 Å². The predicted molar refractivity (Wildman–Crippen MR) is 201 cm³/mol. The number of aromatic nitrogens is 1. The molecule has 0 N–H and O–H groups in total. The highest BCUT2D eigenvalue weighted by Gasteiger charge is 2.20. The minimum absolute atomic E-state index is 0.0137. The standard InChI is InChI=1S/C41H39Cl2N3O5/c1-48-39-26-31(10-17-38(39)51-40-18-16-36(27-44-40)50-29-33-4-2-3-5-37(33)43)11-19-41(47)46-23-21-45(22-24-46)28-32-8-6-30(7-9-32)20-25-49-35-14-12-34(42)13-15-35/h2-19,26-27H,20-25,28-29H2,1H3/b19-11+. The fourth-order valence-electron chi connectivity index (χ4n) is 5.56. The minimum atomic E-state index is -0.0137. The Morgan fingerprint density at radius 1 is 0.804 bits per heavy atom. The number of hydrogen-bond donors (Lipinski definition) is 0. The van der Waals surface area contributed by atoms with E-state index in [4.69, 9.17) is 42.1 Å². The van der Waals surface area contributed by atoms with Crippen LogP contribution in [0.25, 0.3) is 6.08 Å². The lowest BCUT2D eigenvalue weighted by atomic mass is 10.1. The summed E-state index contributed by atoms with van der Waals surface area (Å²) in [5, 5.41) is 1.35. The number of pyridine rings is 1. The molecule has 0 unspecified atom stereocenters. The van der Waals surface area contributed by atoms with Gasteiger partial charge in [0.2, 0.25) is 11.8 Å². The molecule has 0 bridgehead atoms. The summed E-state index contributed by atoms with van der Waals surface area (Å²) in [5.74, 6) is 2.83. The van der Waals surface area contributed by atoms with E-state index in [1.165, 1.54) is 11.1 Å². The Bertz CT molecular complexity index is 1910. The van der Waals surface area contributed by atoms with E-state index >= 15 is 0 Å². The maximum Gasteiger partial charge on any atom is 0.246 e. The molecule has 0 spiro atoms. The van der Waals surface area contributed by atoms with Crippen LogP contribution < -0.4 is 18.9 Å². The van der Waals surface area contributed by atoms with Crippen LogP contribution in [0.5, 0.6) is 28.9 Å². The Balaban J connectivity index is 0.931. The molecule has 0 atom stereocenters. The van der Waals surface area contributed by atoms with Crippen molar-refractivity contribution in [2.24, 2.45) is 0 Å². The Hall–Kier alpha value is -5.02. The summed E-state index contributed by atoms with van der Waals surface area (Å²) < 4.78 is 23.2. The Morgan fingerprint density at radius 2 is 1.55 bits per heavy atom. The van der Waals surface area contributed by atoms with Crippen molar-refractivity contribution in [2.75, 3.05) is 39.9 Å². The number of benzene rings is 4. The average molecular weight is 725 g/mol. The number of piperazine rings is 1. The van der Waals surface area contributed by atoms with Crippen molar-refractivity contribution in [1.29, 1.82) is 0 Å². The fraction of sp³-hybridized carbons (Fsp3) is 0.220. The third-order valence-electron chi connectivity index (χ3n) is 8.47. The van der Waals surface area contributed by atoms with Crippen molar-refractivity contribution in [2.45, 2.75) is 19.6 Å². The summed E-state index contributed by atoms with van der Waals surface area (Å²) in [6, 6.07) is 32.6. The smallest absolute Gasteiger partial charge is 0.246 e. The molecular formula is C41H39Cl2N3O5. The molecule has 1 amide bonds. The highest BCUT2D eigenvalue weighted by atomic mass is 35.5. The summed E-state index contributed by atoms with van der Waals surface area (Å²) >= 11 is 12.2. The first-order valence-corrected chi connectivity index (χ1v) is 17.5. The second-order valence-corrected chi connectivity index (χ2v) is 12.9. The SMILES string of the molecule is COc1cc(/C=C/C(=O)N2CCN(Cc3ccc(CCOc4ccc(Cl)cc4)cc3)CC2)ccc1Oc1ccc(OCc2ccccc2Cl)cn1. The van der Waals surface area contributed by atoms with E-state index in [0.717, 1.165) is 42.9 Å². The van der Waals surface area contributed by atoms with E-state index in [-0.39, 0.29) is 5.91 Å². The first-order chi connectivity index (χ1) is 24.9. The zero-order valence-electron chi connectivity index (χ0n) is 28.3. The Morgan fingerprint density at radius 3 is 2.27 bits per heavy atom. The topological polar surface area (TPSA) is 73.4 Å². The van der Waals surface area contributed by atoms with Gasteiger partial charge in [0.25, 0.3) is 0 Å². The van der Waals surface area contributed by atoms with Crippen LogP contribution >= 0.6 is 23.2 Å². The van der Waals surface area contributed by atoms with Gasteiger partial charge in [-0.2, -0.15) is 0 Å². The van der Waals surface area contributed by atoms with E-state index in [9.17, 15) is 4.79 Å². The summed E-state index contributed by atoms with van der Waals surface area (Å²) in [4.78, 5) is 21.7. The van der Waals surface area contributed by atoms with Gasteiger partial charge >= 0.3 is 0 Å². The second kappa shape index (κ2) is 17.8. The summed E-state index contributed by atoms with van der Waals surface area (Å²) in [6.45, 7) is 4.78. The van der Waals surface area contributed by atoms with Gasteiger partial charge in [0, 0.05) is 66.9 Å². The third-order valence-corrected chi connectivity index (χ3v) is 9.09. The van der Waals surface area contributed by atoms with E-state index in [1.807, 2.05) is 65.6 Å². The molecule has 10 heteroatoms. The molecule has 51 heavy (non-hydrogen) atoms. The number of carbonyl (C=O) groups is 1. The highest BCUT2D eigenvalue weighted by molar-refractivity contribution is 6.31. The molecule has 1 saturated heterocycles. The molecule has 1 fully saturated rings. The van der Waals surface area contributed by atoms with Crippen LogP contribution in [0.3, 0.4) is 0 Å². The third kappa shape index (κ3) is 10.5. The number of amides is 1. The molecule has 1 aliphatic rings. The normalized spacial score (nSPS) is 13.3. The van der Waals surface area contributed by atoms with Gasteiger partial charge < -0.3 is 23.8 Å². The number of rotatable bonds is 14. The average Bonchev–Trinajstić information content (AvgIpc) is 3.16. The van der Waals surface area contributed by atoms with Gasteiger partial charge in [0.15, 0.2) is 11.5 Å². The lowest BCUT2D eigenvalue weighted by Crippen LogP contribution is -2.47. The van der Waals surface area contributed by atoms with Crippen LogP contribution in [-0.2, 0) is 24.4 Å². The number of nitrogens with zero attached hydrogens (tertiary/aromatic N) is 3. The van der Waals surface area contributed by atoms with Crippen molar-refractivity contribution < 1.29 is 23.7 Å². The molecular weight excluding hydrogens is 685 g/mol. The largest absolute Gasteiger partial charge is 0.493 e. The first kappa shape index (κ1) is 35.8. The van der Waals surface area contributed by atoms with Crippen molar-refractivity contribution in [3.63, 3.8) is 0 Å². The molecule has 5 aromatic rings. The van der Waals surface area contributed by atoms with Gasteiger partial charge in [-0.15, -0.1) is 0 Å². The molecule has 0 aliphatic carbocycles. The van der Waals surface area contributed by atoms with Gasteiger partial charge in [-0.3, -0.25) is 9.69 Å². The number of halogens is 2. The Kier molecular flexibility index (Phi) is 12.5. The molecule has 0 radical (unpaired) electrons. The number of carbonyl (C=O) groups excluding carboxylic acids is 1. The lowest BCUT2D eigenvalue weighted by Gasteiger charge is -2.34. The summed E-state index contributed by atoms with van der Waals surface area (Å²) in [6.07, 6.45) is 5.84. The molecule has 1 aromatic heterocycles. The summed E-state index contributed by atoms with van der Waals surface area (Å²) in [7, 11) is 1.58. The molecule has 2 heterocycles. The summed E-state index contributed by atoms with van der Waals surface area (Å²) in [5.41, 5.74) is 4.20. The molecule has 4 aromatic carbocycles. The molecule has 8 nitrogen and oxygen atoms in total. The monoisotopic (exact) mass is 723 g/mol. The van der Waals surface area contributed by atoms with Crippen molar-refractivity contribution in [3.8, 4) is 28.9 Å². The maximum atomic E-state index is 13.0. The van der Waals surface area contributed by atoms with Crippen LogP contribution in [0.2, 0.25) is 10.0 Å². The zero-order chi connectivity index (χ0) is 35.4. The lowest BCUT2D eigenvalue weighted by molar-refractivity contribution is -0.127. The second-order valence-electron chi connectivity index (χ2n) is 12.0. The number of hydrogen-bond acceptors (Lipinski definition) is 7. The Labute approximate surface area is 308 Å². The maximum absolute atomic E-state index is 13.0. The van der Waals surface area contributed by atoms with Crippen LogP contribution in [0.4, 0.5) is 0 Å². The van der Waals surface area contributed by atoms with Crippen LogP contribution in [0, 0.1) is 0 Å². The molecule has 6 rings (SSSR count). The minimum Gasteiger partial charge on any atom is -0.493 e. The van der Waals surface area contributed by atoms with E-state index < -0.39 is 0 Å². The quantitative estimate of drug-likeness (QED) is 0.106. The van der Waals surface area contributed by atoms with Crippen LogP contribution in [0.1, 0.15) is 22.3 Å². The number of methoxy groups -OCH3 is 1. The van der Waals surface area contributed by atoms with Crippen LogP contribution in [0.15, 0.2) is 115 Å². The number of ether oxygens (including phenoxy) is 4. The van der Waals surface area contributed by atoms with Gasteiger partial charge in [0.1, 0.15) is 18.1 Å². The zero-order valence-corrected chi connectivity index (χ0v) is 29.9. The predicted octanol–water partition coefficient (Wildman–Crippen LogP) is 8.75. The van der Waals surface area contributed by atoms with Crippen LogP contribution in [-0.4, -0.2) is 60.6 Å². The molecule has 262 valence electrons. The molecule has 0 saturated carbocycles. The van der Waals surface area contributed by atoms with Gasteiger partial charge in [0.05, 0.1) is 19.9 Å². The first-order valence-electron chi connectivity index (χ1n) is 16.8. The van der Waals surface area contributed by atoms with E-state index in [0.29, 0.717) is 59.5 Å². The highest BCUT2D eigenvalue weighted by Crippen LogP contribution is 2.32. The van der Waals surface area contributed by atoms with Crippen molar-refractivity contribution in [3.05, 3.63) is 148 Å². The van der Waals surface area contributed by atoms with Gasteiger partial charge in [-0.25, -0.2) is 4.98 Å². The van der Waals surface area contributed by atoms with E-state index in [1.54, 1.807) is 43.7 Å².